The van der Waals surface area contributed by atoms with Gasteiger partial charge in [0.15, 0.2) is 0 Å². The van der Waals surface area contributed by atoms with E-state index >= 15 is 0 Å². The Labute approximate surface area is 200 Å². The van der Waals surface area contributed by atoms with Crippen molar-refractivity contribution in [2.75, 3.05) is 45.9 Å². The van der Waals surface area contributed by atoms with E-state index in [9.17, 15) is 17.6 Å². The Kier molecular flexibility index (Phi) is 8.31. The van der Waals surface area contributed by atoms with Gasteiger partial charge in [0.1, 0.15) is 5.82 Å². The van der Waals surface area contributed by atoms with Crippen LogP contribution >= 0.6 is 0 Å². The van der Waals surface area contributed by atoms with Crippen molar-refractivity contribution in [2.24, 2.45) is 0 Å². The lowest BCUT2D eigenvalue weighted by molar-refractivity contribution is -0.121. The van der Waals surface area contributed by atoms with Gasteiger partial charge in [0.05, 0.1) is 24.2 Å². The molecule has 2 aromatic carbocycles. The monoisotopic (exact) mass is 489 g/mol. The molecule has 4 rings (SSSR count). The molecule has 2 saturated heterocycles. The van der Waals surface area contributed by atoms with Gasteiger partial charge in [-0.15, -0.1) is 0 Å². The maximum atomic E-state index is 13.4. The number of amides is 1. The summed E-state index contributed by atoms with van der Waals surface area (Å²) in [4.78, 5) is 15.1. The third-order valence-electron chi connectivity index (χ3n) is 6.50. The number of hydrogen-bond acceptors (Lipinski definition) is 5. The normalized spacial score (nSPS) is 18.6. The van der Waals surface area contributed by atoms with Crippen LogP contribution in [0.2, 0.25) is 0 Å². The van der Waals surface area contributed by atoms with Gasteiger partial charge in [-0.1, -0.05) is 24.3 Å². The summed E-state index contributed by atoms with van der Waals surface area (Å²) in [6.45, 7) is 4.36. The van der Waals surface area contributed by atoms with Gasteiger partial charge in [0, 0.05) is 39.1 Å². The lowest BCUT2D eigenvalue weighted by Crippen LogP contribution is -2.43. The third kappa shape index (κ3) is 6.21. The maximum absolute atomic E-state index is 13.4. The fourth-order valence-corrected chi connectivity index (χ4v) is 6.01. The number of rotatable bonds is 9. The van der Waals surface area contributed by atoms with E-state index in [2.05, 4.69) is 10.2 Å². The van der Waals surface area contributed by atoms with Crippen molar-refractivity contribution in [2.45, 2.75) is 36.6 Å². The molecule has 2 aliphatic rings. The highest BCUT2D eigenvalue weighted by atomic mass is 32.2. The molecular formula is C25H32FN3O4S. The van der Waals surface area contributed by atoms with Crippen LogP contribution in [0.1, 0.15) is 36.4 Å². The smallest absolute Gasteiger partial charge is 0.243 e. The number of hydrogen-bond donors (Lipinski definition) is 1. The fourth-order valence-electron chi connectivity index (χ4n) is 4.49. The molecule has 0 radical (unpaired) electrons. The summed E-state index contributed by atoms with van der Waals surface area (Å²) in [7, 11) is -3.43. The van der Waals surface area contributed by atoms with E-state index in [0.29, 0.717) is 50.6 Å². The van der Waals surface area contributed by atoms with Crippen molar-refractivity contribution in [1.29, 1.82) is 0 Å². The second-order valence-electron chi connectivity index (χ2n) is 8.77. The highest BCUT2D eigenvalue weighted by Crippen LogP contribution is 2.23. The summed E-state index contributed by atoms with van der Waals surface area (Å²) in [5.74, 6) is -0.359. The Bertz CT molecular complexity index is 1050. The number of benzene rings is 2. The Balaban J connectivity index is 1.31. The zero-order valence-corrected chi connectivity index (χ0v) is 20.1. The molecule has 0 bridgehead atoms. The summed E-state index contributed by atoms with van der Waals surface area (Å²) in [6, 6.07) is 13.2. The Morgan fingerprint density at radius 2 is 1.62 bits per heavy atom. The molecule has 1 atom stereocenters. The lowest BCUT2D eigenvalue weighted by Gasteiger charge is -2.35. The van der Waals surface area contributed by atoms with Gasteiger partial charge < -0.3 is 10.1 Å². The van der Waals surface area contributed by atoms with Crippen molar-refractivity contribution in [3.8, 4) is 0 Å². The molecule has 1 N–H and O–H groups in total. The van der Waals surface area contributed by atoms with Gasteiger partial charge in [0.2, 0.25) is 15.9 Å². The zero-order chi connectivity index (χ0) is 24.0. The predicted octanol–water partition coefficient (Wildman–Crippen LogP) is 2.73. The standard InChI is InChI=1S/C25H32FN3O4S/c26-22-8-6-21(7-9-22)24(28-15-17-33-18-16-28)19-27-25(30)12-5-20-3-10-23(11-4-20)34(31,32)29-13-1-2-14-29/h3-4,6-11,24H,1-2,5,12-19H2,(H,27,30)/t24-/m1/s1. The predicted molar refractivity (Wildman–Crippen MR) is 127 cm³/mol. The van der Waals surface area contributed by atoms with Crippen LogP contribution in [-0.4, -0.2) is 69.5 Å². The van der Waals surface area contributed by atoms with Crippen molar-refractivity contribution in [3.05, 3.63) is 65.5 Å². The zero-order valence-electron chi connectivity index (χ0n) is 19.3. The van der Waals surface area contributed by atoms with Crippen LogP contribution in [0.3, 0.4) is 0 Å². The molecule has 0 unspecified atom stereocenters. The van der Waals surface area contributed by atoms with Crippen LogP contribution in [0, 0.1) is 5.82 Å². The number of ether oxygens (including phenoxy) is 1. The van der Waals surface area contributed by atoms with E-state index in [0.717, 1.165) is 37.1 Å². The number of halogens is 1. The van der Waals surface area contributed by atoms with E-state index in [4.69, 9.17) is 4.74 Å². The molecule has 2 aliphatic heterocycles. The van der Waals surface area contributed by atoms with Crippen molar-refractivity contribution < 1.29 is 22.3 Å². The second kappa shape index (κ2) is 11.4. The number of carbonyl (C=O) groups excluding carboxylic acids is 1. The topological polar surface area (TPSA) is 79.0 Å². The SMILES string of the molecule is O=C(CCc1ccc(S(=O)(=O)N2CCCC2)cc1)NC[C@H](c1ccc(F)cc1)N1CCOCC1. The van der Waals surface area contributed by atoms with Gasteiger partial charge in [-0.3, -0.25) is 9.69 Å². The Morgan fingerprint density at radius 1 is 0.971 bits per heavy atom. The first kappa shape index (κ1) is 24.8. The van der Waals surface area contributed by atoms with Crippen LogP contribution in [-0.2, 0) is 26.0 Å². The summed E-state index contributed by atoms with van der Waals surface area (Å²) < 4.78 is 45.7. The molecule has 2 fully saturated rings. The molecular weight excluding hydrogens is 457 g/mol. The first-order valence-electron chi connectivity index (χ1n) is 11.9. The van der Waals surface area contributed by atoms with E-state index < -0.39 is 10.0 Å². The molecule has 0 spiro atoms. The molecule has 184 valence electrons. The lowest BCUT2D eigenvalue weighted by atomic mass is 10.0. The summed E-state index contributed by atoms with van der Waals surface area (Å²) in [6.07, 6.45) is 2.63. The van der Waals surface area contributed by atoms with Gasteiger partial charge in [-0.2, -0.15) is 4.31 Å². The van der Waals surface area contributed by atoms with Gasteiger partial charge in [0.25, 0.3) is 0 Å². The molecule has 2 heterocycles. The fraction of sp³-hybridized carbons (Fsp3) is 0.480. The number of sulfonamides is 1. The Morgan fingerprint density at radius 3 is 2.26 bits per heavy atom. The molecule has 7 nitrogen and oxygen atoms in total. The summed E-state index contributed by atoms with van der Waals surface area (Å²) in [5, 5.41) is 3.02. The van der Waals surface area contributed by atoms with E-state index in [1.807, 2.05) is 0 Å². The van der Waals surface area contributed by atoms with Crippen LogP contribution < -0.4 is 5.32 Å². The van der Waals surface area contributed by atoms with Gasteiger partial charge in [-0.25, -0.2) is 12.8 Å². The minimum Gasteiger partial charge on any atom is -0.379 e. The summed E-state index contributed by atoms with van der Waals surface area (Å²) >= 11 is 0. The number of nitrogens with one attached hydrogen (secondary N) is 1. The summed E-state index contributed by atoms with van der Waals surface area (Å²) in [5.41, 5.74) is 1.87. The third-order valence-corrected chi connectivity index (χ3v) is 8.41. The average molecular weight is 490 g/mol. The Hall–Kier alpha value is -2.33. The highest BCUT2D eigenvalue weighted by molar-refractivity contribution is 7.89. The van der Waals surface area contributed by atoms with Crippen LogP contribution in [0.15, 0.2) is 53.4 Å². The van der Waals surface area contributed by atoms with Gasteiger partial charge in [-0.05, 0) is 54.7 Å². The van der Waals surface area contributed by atoms with Crippen LogP contribution in [0.25, 0.3) is 0 Å². The number of morpholine rings is 1. The van der Waals surface area contributed by atoms with E-state index in [1.54, 1.807) is 36.4 Å². The molecule has 0 aromatic heterocycles. The molecule has 0 aliphatic carbocycles. The molecule has 0 saturated carbocycles. The molecule has 2 aromatic rings. The van der Waals surface area contributed by atoms with Crippen LogP contribution in [0.5, 0.6) is 0 Å². The molecule has 34 heavy (non-hydrogen) atoms. The minimum absolute atomic E-state index is 0.0523. The number of nitrogens with zero attached hydrogens (tertiary/aromatic N) is 2. The largest absolute Gasteiger partial charge is 0.379 e. The van der Waals surface area contributed by atoms with E-state index in [-0.39, 0.29) is 17.8 Å². The first-order chi connectivity index (χ1) is 16.4. The highest BCUT2D eigenvalue weighted by Gasteiger charge is 2.27. The molecule has 1 amide bonds. The molecule has 9 heteroatoms. The van der Waals surface area contributed by atoms with E-state index in [1.165, 1.54) is 16.4 Å². The average Bonchev–Trinajstić information content (AvgIpc) is 3.41. The van der Waals surface area contributed by atoms with Crippen molar-refractivity contribution >= 4 is 15.9 Å². The van der Waals surface area contributed by atoms with Crippen molar-refractivity contribution in [1.82, 2.24) is 14.5 Å². The first-order valence-corrected chi connectivity index (χ1v) is 13.3. The minimum atomic E-state index is -3.43. The quantitative estimate of drug-likeness (QED) is 0.586. The number of aryl methyl sites for hydroxylation is 1. The van der Waals surface area contributed by atoms with Crippen LogP contribution in [0.4, 0.5) is 4.39 Å². The number of carbonyl (C=O) groups is 1. The van der Waals surface area contributed by atoms with Crippen molar-refractivity contribution in [3.63, 3.8) is 0 Å². The van der Waals surface area contributed by atoms with Gasteiger partial charge >= 0.3 is 0 Å². The maximum Gasteiger partial charge on any atom is 0.243 e. The second-order valence-corrected chi connectivity index (χ2v) is 10.7.